The molecule has 0 radical (unpaired) electrons. The van der Waals surface area contributed by atoms with Gasteiger partial charge in [-0.2, -0.15) is 0 Å². The Kier molecular flexibility index (Phi) is 4.55. The Morgan fingerprint density at radius 1 is 1.43 bits per heavy atom. The van der Waals surface area contributed by atoms with Gasteiger partial charge in [-0.25, -0.2) is 19.2 Å². The summed E-state index contributed by atoms with van der Waals surface area (Å²) in [6, 6.07) is 0. The van der Waals surface area contributed by atoms with Crippen molar-refractivity contribution in [3.63, 3.8) is 0 Å². The predicted octanol–water partition coefficient (Wildman–Crippen LogP) is 1.73. The SMILES string of the molecule is CC(C)(C)OC(=O)N1CC[C@@H]([S@@](=O)c2ncc(F)cn2)C1. The van der Waals surface area contributed by atoms with Crippen LogP contribution in [0.3, 0.4) is 0 Å². The first-order chi connectivity index (χ1) is 9.76. The van der Waals surface area contributed by atoms with Crippen LogP contribution in [0.4, 0.5) is 9.18 Å². The third-order valence-corrected chi connectivity index (χ3v) is 4.44. The number of carbonyl (C=O) groups is 1. The molecule has 1 aromatic heterocycles. The van der Waals surface area contributed by atoms with E-state index >= 15 is 0 Å². The molecule has 1 saturated heterocycles. The van der Waals surface area contributed by atoms with Crippen molar-refractivity contribution in [3.05, 3.63) is 18.2 Å². The lowest BCUT2D eigenvalue weighted by Gasteiger charge is -2.24. The van der Waals surface area contributed by atoms with Crippen LogP contribution in [-0.2, 0) is 15.5 Å². The Hall–Kier alpha value is -1.57. The van der Waals surface area contributed by atoms with Crippen LogP contribution >= 0.6 is 0 Å². The Balaban J connectivity index is 1.97. The maximum absolute atomic E-state index is 12.8. The van der Waals surface area contributed by atoms with Gasteiger partial charge in [-0.1, -0.05) is 0 Å². The first kappa shape index (κ1) is 15.8. The molecule has 0 N–H and O–H groups in total. The maximum atomic E-state index is 12.8. The van der Waals surface area contributed by atoms with Crippen LogP contribution in [-0.4, -0.2) is 49.1 Å². The first-order valence-corrected chi connectivity index (χ1v) is 7.83. The van der Waals surface area contributed by atoms with Crippen LogP contribution in [0.25, 0.3) is 0 Å². The van der Waals surface area contributed by atoms with Crippen molar-refractivity contribution < 1.29 is 18.1 Å². The Bertz CT molecular complexity index is 545. The normalized spacial score (nSPS) is 20.4. The quantitative estimate of drug-likeness (QED) is 0.777. The minimum absolute atomic E-state index is 0.0902. The average molecular weight is 315 g/mol. The Morgan fingerprint density at radius 2 is 2.05 bits per heavy atom. The zero-order valence-corrected chi connectivity index (χ0v) is 13.0. The molecule has 0 aliphatic carbocycles. The molecule has 1 fully saturated rings. The molecule has 8 heteroatoms. The average Bonchev–Trinajstić information content (AvgIpc) is 2.86. The van der Waals surface area contributed by atoms with E-state index in [1.165, 1.54) is 4.90 Å². The molecule has 1 amide bonds. The summed E-state index contributed by atoms with van der Waals surface area (Å²) in [6.45, 7) is 6.18. The number of hydrogen-bond donors (Lipinski definition) is 0. The smallest absolute Gasteiger partial charge is 0.410 e. The second kappa shape index (κ2) is 6.05. The molecule has 0 bridgehead atoms. The second-order valence-corrected chi connectivity index (χ2v) is 7.44. The molecule has 1 aliphatic heterocycles. The van der Waals surface area contributed by atoms with Gasteiger partial charge in [0, 0.05) is 13.1 Å². The number of likely N-dealkylation sites (tertiary alicyclic amines) is 1. The van der Waals surface area contributed by atoms with E-state index in [-0.39, 0.29) is 10.4 Å². The highest BCUT2D eigenvalue weighted by Gasteiger charge is 2.34. The molecule has 2 rings (SSSR count). The lowest BCUT2D eigenvalue weighted by molar-refractivity contribution is 0.0295. The van der Waals surface area contributed by atoms with E-state index in [0.717, 1.165) is 12.4 Å². The number of amides is 1. The second-order valence-electron chi connectivity index (χ2n) is 5.82. The summed E-state index contributed by atoms with van der Waals surface area (Å²) < 4.78 is 30.3. The molecule has 0 saturated carbocycles. The number of rotatable bonds is 2. The Morgan fingerprint density at radius 3 is 2.62 bits per heavy atom. The van der Waals surface area contributed by atoms with Crippen LogP contribution in [0.5, 0.6) is 0 Å². The summed E-state index contributed by atoms with van der Waals surface area (Å²) >= 11 is 0. The Labute approximate surface area is 125 Å². The van der Waals surface area contributed by atoms with Gasteiger partial charge in [0.15, 0.2) is 5.82 Å². The van der Waals surface area contributed by atoms with Gasteiger partial charge in [-0.15, -0.1) is 0 Å². The molecule has 2 heterocycles. The fourth-order valence-electron chi connectivity index (χ4n) is 1.95. The highest BCUT2D eigenvalue weighted by Crippen LogP contribution is 2.20. The van der Waals surface area contributed by atoms with Crippen molar-refractivity contribution in [1.29, 1.82) is 0 Å². The number of carbonyl (C=O) groups excluding carboxylic acids is 1. The van der Waals surface area contributed by atoms with Crippen LogP contribution < -0.4 is 0 Å². The van der Waals surface area contributed by atoms with Crippen LogP contribution in [0.2, 0.25) is 0 Å². The largest absolute Gasteiger partial charge is 0.444 e. The maximum Gasteiger partial charge on any atom is 0.410 e. The number of nitrogens with zero attached hydrogens (tertiary/aromatic N) is 3. The van der Waals surface area contributed by atoms with Crippen molar-refractivity contribution in [2.24, 2.45) is 0 Å². The fraction of sp³-hybridized carbons (Fsp3) is 0.615. The van der Waals surface area contributed by atoms with E-state index in [1.807, 2.05) is 0 Å². The van der Waals surface area contributed by atoms with Gasteiger partial charge < -0.3 is 9.64 Å². The van der Waals surface area contributed by atoms with Gasteiger partial charge in [0.2, 0.25) is 5.16 Å². The summed E-state index contributed by atoms with van der Waals surface area (Å²) in [6.07, 6.45) is 2.14. The fourth-order valence-corrected chi connectivity index (χ4v) is 3.19. The zero-order chi connectivity index (χ0) is 15.6. The molecular weight excluding hydrogens is 297 g/mol. The third-order valence-electron chi connectivity index (χ3n) is 2.88. The van der Waals surface area contributed by atoms with Crippen LogP contribution in [0.15, 0.2) is 17.6 Å². The standard InChI is InChI=1S/C13H18FN3O3S/c1-13(2,3)20-12(18)17-5-4-10(8-17)21(19)11-15-6-9(14)7-16-11/h6-7,10H,4-5,8H2,1-3H3/t10-,21-/m1/s1. The summed E-state index contributed by atoms with van der Waals surface area (Å²) in [5.74, 6) is -0.572. The molecule has 2 atom stereocenters. The van der Waals surface area contributed by atoms with Gasteiger partial charge in [0.25, 0.3) is 0 Å². The van der Waals surface area contributed by atoms with Gasteiger partial charge in [-0.3, -0.25) is 4.21 Å². The van der Waals surface area contributed by atoms with Crippen molar-refractivity contribution in [3.8, 4) is 0 Å². The third kappa shape index (κ3) is 4.20. The van der Waals surface area contributed by atoms with Crippen molar-refractivity contribution in [2.75, 3.05) is 13.1 Å². The van der Waals surface area contributed by atoms with Gasteiger partial charge in [0.1, 0.15) is 5.60 Å². The molecule has 0 unspecified atom stereocenters. The van der Waals surface area contributed by atoms with Crippen molar-refractivity contribution in [2.45, 2.75) is 43.2 Å². The molecule has 0 spiro atoms. The molecule has 0 aromatic carbocycles. The molecule has 6 nitrogen and oxygen atoms in total. The lowest BCUT2D eigenvalue weighted by Crippen LogP contribution is -2.36. The minimum Gasteiger partial charge on any atom is -0.444 e. The summed E-state index contributed by atoms with van der Waals surface area (Å²) in [7, 11) is -1.47. The summed E-state index contributed by atoms with van der Waals surface area (Å²) in [5, 5.41) is -0.171. The topological polar surface area (TPSA) is 72.4 Å². The van der Waals surface area contributed by atoms with E-state index in [9.17, 15) is 13.4 Å². The molecule has 1 aromatic rings. The van der Waals surface area contributed by atoms with E-state index in [4.69, 9.17) is 4.74 Å². The summed E-state index contributed by atoms with van der Waals surface area (Å²) in [4.78, 5) is 20.9. The van der Waals surface area contributed by atoms with E-state index in [1.54, 1.807) is 20.8 Å². The molecule has 116 valence electrons. The lowest BCUT2D eigenvalue weighted by atomic mass is 10.2. The molecular formula is C13H18FN3O3S. The zero-order valence-electron chi connectivity index (χ0n) is 12.2. The number of halogens is 1. The number of aromatic nitrogens is 2. The van der Waals surface area contributed by atoms with E-state index in [2.05, 4.69) is 9.97 Å². The van der Waals surface area contributed by atoms with Crippen LogP contribution in [0.1, 0.15) is 27.2 Å². The van der Waals surface area contributed by atoms with Crippen molar-refractivity contribution in [1.82, 2.24) is 14.9 Å². The van der Waals surface area contributed by atoms with Gasteiger partial charge in [0.05, 0.1) is 28.4 Å². The summed E-state index contributed by atoms with van der Waals surface area (Å²) in [5.41, 5.74) is -0.561. The molecule has 1 aliphatic rings. The number of hydrogen-bond acceptors (Lipinski definition) is 5. The van der Waals surface area contributed by atoms with Gasteiger partial charge >= 0.3 is 6.09 Å². The highest BCUT2D eigenvalue weighted by atomic mass is 32.2. The number of ether oxygens (including phenoxy) is 1. The van der Waals surface area contributed by atoms with Crippen LogP contribution in [0, 0.1) is 5.82 Å². The minimum atomic E-state index is -1.47. The highest BCUT2D eigenvalue weighted by molar-refractivity contribution is 7.85. The van der Waals surface area contributed by atoms with Crippen molar-refractivity contribution >= 4 is 16.9 Å². The van der Waals surface area contributed by atoms with Gasteiger partial charge in [-0.05, 0) is 27.2 Å². The predicted molar refractivity (Wildman–Crippen MR) is 74.6 cm³/mol. The molecule has 21 heavy (non-hydrogen) atoms. The van der Waals surface area contributed by atoms with E-state index in [0.29, 0.717) is 19.5 Å². The first-order valence-electron chi connectivity index (χ1n) is 6.62. The van der Waals surface area contributed by atoms with E-state index < -0.39 is 28.3 Å². The monoisotopic (exact) mass is 315 g/mol.